The van der Waals surface area contributed by atoms with Crippen molar-refractivity contribution in [1.29, 1.82) is 0 Å². The molecule has 0 spiro atoms. The zero-order valence-corrected chi connectivity index (χ0v) is 65.2. The average Bonchev–Trinajstić information content (AvgIpc) is 1.54. The Balaban J connectivity index is 0.000000171. The predicted octanol–water partition coefficient (Wildman–Crippen LogP) is 13.4. The number of carbonyl (C=O) groups is 3. The van der Waals surface area contributed by atoms with Crippen LogP contribution in [0, 0.1) is 3.57 Å². The SMILES string of the molecule is CCOC(=O)Cc1ccccc1OCc1cc(-c2cccc(CN)c2)c2oc(C3CC3)cc2c1.CCOC(=O)Cc1ccccc1OCc1cc(I)c2oc(C3CC3)cc2c1.Cl.NCc1cccc(-c2cc(COc3ccccc3CC(=O)O)cc3cc(C4CC4)oc23)c1.NCc1cccc(B(O)O)c1.[Na+].[OH-]. The van der Waals surface area contributed by atoms with E-state index in [-0.39, 0.29) is 78.6 Å². The van der Waals surface area contributed by atoms with Gasteiger partial charge in [0.25, 0.3) is 0 Å². The number of nitrogens with two attached hydrogens (primary N) is 3. The first-order valence-corrected chi connectivity index (χ1v) is 36.4. The minimum Gasteiger partial charge on any atom is -0.870 e. The summed E-state index contributed by atoms with van der Waals surface area (Å²) < 4.78 is 48.2. The van der Waals surface area contributed by atoms with Gasteiger partial charge < -0.3 is 74.8 Å². The van der Waals surface area contributed by atoms with E-state index in [1.807, 2.05) is 111 Å². The van der Waals surface area contributed by atoms with Crippen molar-refractivity contribution in [3.8, 4) is 39.5 Å². The van der Waals surface area contributed by atoms with Gasteiger partial charge in [-0.2, -0.15) is 0 Å². The molecule has 15 rings (SSSR count). The molecule has 12 aromatic rings. The molecule has 10 N–H and O–H groups in total. The van der Waals surface area contributed by atoms with Crippen LogP contribution in [0.1, 0.15) is 137 Å². The van der Waals surface area contributed by atoms with Crippen LogP contribution >= 0.6 is 35.0 Å². The second kappa shape index (κ2) is 39.4. The molecule has 3 saturated carbocycles. The van der Waals surface area contributed by atoms with Crippen molar-refractivity contribution in [2.75, 3.05) is 13.2 Å². The van der Waals surface area contributed by atoms with E-state index in [1.54, 1.807) is 24.3 Å². The smallest absolute Gasteiger partial charge is 0.870 e. The third-order valence-corrected chi connectivity index (χ3v) is 18.9. The van der Waals surface area contributed by atoms with Crippen LogP contribution in [0.25, 0.3) is 55.2 Å². The summed E-state index contributed by atoms with van der Waals surface area (Å²) >= 11 is 2.32. The number of aliphatic carboxylic acids is 1. The Morgan fingerprint density at radius 3 is 1.18 bits per heavy atom. The van der Waals surface area contributed by atoms with Gasteiger partial charge in [0, 0.05) is 81.4 Å². The molecule has 3 aromatic heterocycles. The number of rotatable bonds is 26. The second-order valence-electron chi connectivity index (χ2n) is 26.2. The summed E-state index contributed by atoms with van der Waals surface area (Å²) in [5.74, 6) is 5.47. The molecule has 0 unspecified atom stereocenters. The van der Waals surface area contributed by atoms with E-state index in [0.717, 1.165) is 121 Å². The Bertz CT molecular complexity index is 4990. The summed E-state index contributed by atoms with van der Waals surface area (Å²) in [6, 6.07) is 65.0. The normalized spacial score (nSPS) is 12.7. The van der Waals surface area contributed by atoms with E-state index in [2.05, 4.69) is 101 Å². The van der Waals surface area contributed by atoms with Crippen LogP contribution in [0.15, 0.2) is 213 Å². The van der Waals surface area contributed by atoms with E-state index < -0.39 is 13.1 Å². The van der Waals surface area contributed by atoms with Crippen molar-refractivity contribution in [3.05, 3.63) is 271 Å². The van der Waals surface area contributed by atoms with Crippen molar-refractivity contribution in [2.45, 2.75) is 129 Å². The van der Waals surface area contributed by atoms with Crippen molar-refractivity contribution in [3.63, 3.8) is 0 Å². The van der Waals surface area contributed by atoms with E-state index >= 15 is 0 Å². The molecule has 550 valence electrons. The molecule has 3 aliphatic carbocycles. The van der Waals surface area contributed by atoms with Crippen LogP contribution in [-0.2, 0) is 82.6 Å². The zero-order chi connectivity index (χ0) is 72.6. The first kappa shape index (κ1) is 82.3. The van der Waals surface area contributed by atoms with Crippen LogP contribution in [0.2, 0.25) is 0 Å². The number of halogens is 2. The van der Waals surface area contributed by atoms with Crippen molar-refractivity contribution >= 4 is 98.4 Å². The van der Waals surface area contributed by atoms with Crippen LogP contribution in [0.3, 0.4) is 0 Å². The number of fused-ring (bicyclic) bond motifs is 3. The molecule has 9 aromatic carbocycles. The fourth-order valence-corrected chi connectivity index (χ4v) is 13.2. The van der Waals surface area contributed by atoms with Gasteiger partial charge in [0.2, 0.25) is 0 Å². The second-order valence-corrected chi connectivity index (χ2v) is 27.4. The Morgan fingerprint density at radius 2 is 0.804 bits per heavy atom. The minimum absolute atomic E-state index is 0. The third kappa shape index (κ3) is 22.5. The van der Waals surface area contributed by atoms with Gasteiger partial charge >= 0.3 is 54.6 Å². The van der Waals surface area contributed by atoms with E-state index in [9.17, 15) is 19.5 Å². The molecule has 22 heteroatoms. The van der Waals surface area contributed by atoms with Gasteiger partial charge in [0.05, 0.1) is 36.0 Å². The molecular weight excluding hydrogens is 1500 g/mol. The number of carboxylic acid groups (broad SMARTS) is 1. The fraction of sp³-hybridized carbons (Fsp3) is 0.259. The van der Waals surface area contributed by atoms with Crippen LogP contribution in [0.5, 0.6) is 17.2 Å². The quantitative estimate of drug-likeness (QED) is 0.0167. The maximum Gasteiger partial charge on any atom is 1.00 e. The molecule has 3 fully saturated rings. The Morgan fingerprint density at radius 1 is 0.449 bits per heavy atom. The monoisotopic (exact) mass is 1590 g/mol. The number of benzene rings is 9. The number of ether oxygens (including phenoxy) is 5. The Labute approximate surface area is 664 Å². The van der Waals surface area contributed by atoms with E-state index in [1.165, 1.54) is 38.5 Å². The van der Waals surface area contributed by atoms with Crippen LogP contribution in [-0.4, -0.2) is 58.9 Å². The molecule has 0 atom stereocenters. The number of para-hydroxylation sites is 3. The molecule has 18 nitrogen and oxygen atoms in total. The maximum absolute atomic E-state index is 12.0. The summed E-state index contributed by atoms with van der Waals surface area (Å²) in [5.41, 5.74) is 33.0. The summed E-state index contributed by atoms with van der Waals surface area (Å²) in [6.07, 6.45) is 7.50. The molecule has 0 radical (unpaired) electrons. The summed E-state index contributed by atoms with van der Waals surface area (Å²) in [5, 5.41) is 30.0. The van der Waals surface area contributed by atoms with Gasteiger partial charge in [-0.15, -0.1) is 12.4 Å². The van der Waals surface area contributed by atoms with Crippen molar-refractivity contribution in [1.82, 2.24) is 0 Å². The summed E-state index contributed by atoms with van der Waals surface area (Å²) in [6.45, 7) is 6.90. The number of furan rings is 3. The summed E-state index contributed by atoms with van der Waals surface area (Å²) in [7, 11) is -1.40. The van der Waals surface area contributed by atoms with Gasteiger partial charge in [-0.05, 0) is 210 Å². The van der Waals surface area contributed by atoms with Crippen LogP contribution in [0.4, 0.5) is 0 Å². The van der Waals surface area contributed by atoms with E-state index in [4.69, 9.17) is 64.2 Å². The van der Waals surface area contributed by atoms with Gasteiger partial charge in [0.1, 0.15) is 71.1 Å². The van der Waals surface area contributed by atoms with E-state index in [0.29, 0.717) is 98.7 Å². The average molecular weight is 1590 g/mol. The number of carbonyl (C=O) groups excluding carboxylic acids is 2. The van der Waals surface area contributed by atoms with Crippen LogP contribution < -0.4 is 66.4 Å². The number of hydrogen-bond donors (Lipinski definition) is 6. The molecule has 0 aliphatic heterocycles. The Kier molecular flexibility index (Phi) is 30.3. The third-order valence-electron chi connectivity index (χ3n) is 18.1. The zero-order valence-electron chi connectivity index (χ0n) is 60.2. The van der Waals surface area contributed by atoms with Gasteiger partial charge in [0.15, 0.2) is 0 Å². The van der Waals surface area contributed by atoms with Gasteiger partial charge in [-0.1, -0.05) is 115 Å². The van der Waals surface area contributed by atoms with Crippen molar-refractivity contribution < 1.29 is 102 Å². The van der Waals surface area contributed by atoms with Gasteiger partial charge in [-0.3, -0.25) is 14.4 Å². The molecule has 3 aliphatic rings. The number of carboxylic acids is 1. The molecule has 3 heterocycles. The molecule has 107 heavy (non-hydrogen) atoms. The molecule has 0 bridgehead atoms. The first-order valence-electron chi connectivity index (χ1n) is 35.4. The standard InChI is InChI=1S/C29H29NO4.C27H25NO4.C22H21IO4.C7H10BNO2.ClH.Na.H2O/c1-2-32-28(31)16-23-7-3-4-9-26(23)33-18-20-13-24-15-27(21-10-11-21)34-29(24)25(14-20)22-8-5-6-19(12-22)17-30;28-15-17-4-3-6-20(10-17)23-12-18(11-22-13-25(19-8-9-19)32-27(22)23)16-31-24-7-2-1-5-21(24)14-26(29)30;1-2-25-21(24)12-16-5-3-4-6-19(16)26-13-14-9-17-11-20(15-7-8-15)27-22(17)18(23)10-14;9-5-6-2-1-3-7(4-6)8(10)11;;;/h3-9,12-15,21H,2,10-11,16-18,30H2,1H3;1-7,10-13,19H,8-9,14-16,28H2,(H,29,30);3-6,9-11,15H,2,7-8,12-13H2,1H3;1-4,10-11H,5,9H2;1H;;1H2/q;;;;;+1;/p-1. The largest absolute Gasteiger partial charge is 1.00 e. The number of esters is 2. The molecule has 0 amide bonds. The molecule has 0 saturated heterocycles. The molecular formula is C85H87BClIN3NaO15. The Hall–Kier alpha value is -8.75. The minimum atomic E-state index is -1.40. The first-order chi connectivity index (χ1) is 50.6. The van der Waals surface area contributed by atoms with Gasteiger partial charge in [-0.25, -0.2) is 0 Å². The fourth-order valence-electron chi connectivity index (χ4n) is 12.4. The summed E-state index contributed by atoms with van der Waals surface area (Å²) in [4.78, 5) is 35.0. The topological polar surface area (TPSA) is 306 Å². The predicted molar refractivity (Wildman–Crippen MR) is 422 cm³/mol. The maximum atomic E-state index is 12.0. The number of hydrogen-bond acceptors (Lipinski definition) is 17. The van der Waals surface area contributed by atoms with Crippen molar-refractivity contribution in [2.24, 2.45) is 17.2 Å².